The molecule has 30 heavy (non-hydrogen) atoms. The van der Waals surface area contributed by atoms with Gasteiger partial charge >= 0.3 is 0 Å². The molecule has 2 aliphatic heterocycles. The molecule has 152 valence electrons. The normalized spacial score (nSPS) is 20.1. The van der Waals surface area contributed by atoms with E-state index < -0.39 is 0 Å². The van der Waals surface area contributed by atoms with Crippen molar-refractivity contribution in [1.82, 2.24) is 5.32 Å². The molecule has 2 unspecified atom stereocenters. The molecule has 2 atom stereocenters. The molecule has 2 heterocycles. The molecule has 0 amide bonds. The Hall–Kier alpha value is -2.73. The molecular weight excluding hydrogens is 423 g/mol. The predicted molar refractivity (Wildman–Crippen MR) is 117 cm³/mol. The van der Waals surface area contributed by atoms with Gasteiger partial charge in [0.25, 0.3) is 0 Å². The molecule has 3 aromatic carbocycles. The molecule has 0 fully saturated rings. The average Bonchev–Trinajstić information content (AvgIpc) is 3.23. The summed E-state index contributed by atoms with van der Waals surface area (Å²) in [5, 5.41) is 15.2. The van der Waals surface area contributed by atoms with Gasteiger partial charge in [0.1, 0.15) is 11.9 Å². The smallest absolute Gasteiger partial charge is 0.231 e. The van der Waals surface area contributed by atoms with Crippen LogP contribution in [0.3, 0.4) is 0 Å². The number of hydrogen-bond donors (Lipinski definition) is 2. The number of nitrogens with one attached hydrogen (secondary N) is 1. The van der Waals surface area contributed by atoms with Gasteiger partial charge in [-0.15, -0.1) is 0 Å². The second kappa shape index (κ2) is 7.84. The molecule has 0 bridgehead atoms. The van der Waals surface area contributed by atoms with Crippen molar-refractivity contribution in [1.29, 1.82) is 0 Å². The third-order valence-electron chi connectivity index (χ3n) is 5.31. The molecule has 5 rings (SSSR count). The highest BCUT2D eigenvalue weighted by atomic mass is 35.5. The largest absolute Gasteiger partial charge is 0.508 e. The molecule has 0 saturated heterocycles. The fourth-order valence-electron chi connectivity index (χ4n) is 3.82. The first kappa shape index (κ1) is 19.2. The summed E-state index contributed by atoms with van der Waals surface area (Å²) in [7, 11) is 0. The van der Waals surface area contributed by atoms with Gasteiger partial charge in [0.15, 0.2) is 11.5 Å². The van der Waals surface area contributed by atoms with Crippen molar-refractivity contribution in [2.75, 3.05) is 6.79 Å². The SMILES string of the molecule is Oc1ccc(Cl)cc1C1CC(c2ccc3c(c2)OCO3)=NC(c2ccccc2Cl)N1. The molecule has 2 N–H and O–H groups in total. The summed E-state index contributed by atoms with van der Waals surface area (Å²) in [4.78, 5) is 4.95. The summed E-state index contributed by atoms with van der Waals surface area (Å²) in [5.41, 5.74) is 3.39. The highest BCUT2D eigenvalue weighted by molar-refractivity contribution is 6.31. The summed E-state index contributed by atoms with van der Waals surface area (Å²) < 4.78 is 11.0. The van der Waals surface area contributed by atoms with E-state index in [4.69, 9.17) is 37.7 Å². The Morgan fingerprint density at radius 1 is 0.933 bits per heavy atom. The van der Waals surface area contributed by atoms with Crippen LogP contribution in [0.5, 0.6) is 17.2 Å². The number of aromatic hydroxyl groups is 1. The summed E-state index contributed by atoms with van der Waals surface area (Å²) in [6.07, 6.45) is 0.186. The van der Waals surface area contributed by atoms with Gasteiger partial charge in [-0.1, -0.05) is 41.4 Å². The van der Waals surface area contributed by atoms with Gasteiger partial charge < -0.3 is 14.6 Å². The van der Waals surface area contributed by atoms with Gasteiger partial charge in [0, 0.05) is 39.3 Å². The van der Waals surface area contributed by atoms with Crippen molar-refractivity contribution < 1.29 is 14.6 Å². The number of phenols is 1. The summed E-state index contributed by atoms with van der Waals surface area (Å²) >= 11 is 12.7. The minimum atomic E-state index is -0.378. The van der Waals surface area contributed by atoms with Gasteiger partial charge in [-0.2, -0.15) is 0 Å². The van der Waals surface area contributed by atoms with Crippen molar-refractivity contribution in [2.45, 2.75) is 18.6 Å². The van der Waals surface area contributed by atoms with E-state index in [9.17, 15) is 5.11 Å². The lowest BCUT2D eigenvalue weighted by Gasteiger charge is -2.31. The van der Waals surface area contributed by atoms with Crippen molar-refractivity contribution >= 4 is 28.9 Å². The van der Waals surface area contributed by atoms with E-state index >= 15 is 0 Å². The minimum Gasteiger partial charge on any atom is -0.508 e. The Balaban J connectivity index is 1.59. The lowest BCUT2D eigenvalue weighted by Crippen LogP contribution is -2.33. The molecule has 0 spiro atoms. The molecule has 0 aliphatic carbocycles. The zero-order chi connectivity index (χ0) is 20.7. The minimum absolute atomic E-state index is 0.182. The Labute approximate surface area is 183 Å². The van der Waals surface area contributed by atoms with Gasteiger partial charge in [0.2, 0.25) is 6.79 Å². The first-order chi connectivity index (χ1) is 14.6. The van der Waals surface area contributed by atoms with Gasteiger partial charge in [-0.05, 0) is 48.0 Å². The van der Waals surface area contributed by atoms with Crippen LogP contribution in [0, 0.1) is 0 Å². The van der Waals surface area contributed by atoms with Crippen LogP contribution < -0.4 is 14.8 Å². The van der Waals surface area contributed by atoms with Crippen LogP contribution in [-0.4, -0.2) is 17.6 Å². The zero-order valence-corrected chi connectivity index (χ0v) is 17.3. The Bertz CT molecular complexity index is 1150. The number of ether oxygens (including phenoxy) is 2. The number of fused-ring (bicyclic) bond motifs is 1. The van der Waals surface area contributed by atoms with Crippen molar-refractivity contribution in [3.8, 4) is 17.2 Å². The van der Waals surface area contributed by atoms with E-state index in [1.54, 1.807) is 18.2 Å². The molecule has 3 aromatic rings. The molecule has 5 nitrogen and oxygen atoms in total. The number of hydrogen-bond acceptors (Lipinski definition) is 5. The molecule has 0 radical (unpaired) electrons. The highest BCUT2D eigenvalue weighted by Crippen LogP contribution is 2.39. The Morgan fingerprint density at radius 3 is 2.63 bits per heavy atom. The molecule has 7 heteroatoms. The van der Waals surface area contributed by atoms with E-state index in [1.807, 2.05) is 42.5 Å². The maximum atomic E-state index is 10.5. The third kappa shape index (κ3) is 3.60. The molecular formula is C23H18Cl2N2O3. The third-order valence-corrected chi connectivity index (χ3v) is 5.89. The van der Waals surface area contributed by atoms with Crippen LogP contribution in [0.2, 0.25) is 10.0 Å². The quantitative estimate of drug-likeness (QED) is 0.552. The van der Waals surface area contributed by atoms with E-state index in [2.05, 4.69) is 5.32 Å². The summed E-state index contributed by atoms with van der Waals surface area (Å²) in [5.74, 6) is 1.60. The fraction of sp³-hybridized carbons (Fsp3) is 0.174. The monoisotopic (exact) mass is 440 g/mol. The van der Waals surface area contributed by atoms with Crippen molar-refractivity contribution in [3.63, 3.8) is 0 Å². The molecule has 0 aromatic heterocycles. The van der Waals surface area contributed by atoms with E-state index in [0.717, 1.165) is 22.6 Å². The Kier molecular flexibility index (Phi) is 5.03. The van der Waals surface area contributed by atoms with Crippen LogP contribution in [0.25, 0.3) is 0 Å². The van der Waals surface area contributed by atoms with Crippen LogP contribution in [0.4, 0.5) is 0 Å². The average molecular weight is 441 g/mol. The Morgan fingerprint density at radius 2 is 1.77 bits per heavy atom. The second-order valence-electron chi connectivity index (χ2n) is 7.19. The standard InChI is InChI=1S/C23H18Cl2N2O3/c24-14-6-7-20(28)16(10-14)19-11-18(13-5-8-21-22(9-13)30-12-29-21)26-23(27-19)15-3-1-2-4-17(15)25/h1-10,19,23,27-28H,11-12H2. The number of aliphatic imine (C=N–C) groups is 1. The number of phenolic OH excluding ortho intramolecular Hbond substituents is 1. The number of nitrogens with zero attached hydrogens (tertiary/aromatic N) is 1. The lowest BCUT2D eigenvalue weighted by molar-refractivity contribution is 0.174. The summed E-state index contributed by atoms with van der Waals surface area (Å²) in [6.45, 7) is 0.216. The number of benzene rings is 3. The maximum Gasteiger partial charge on any atom is 0.231 e. The van der Waals surface area contributed by atoms with Crippen LogP contribution >= 0.6 is 23.2 Å². The van der Waals surface area contributed by atoms with Crippen molar-refractivity contribution in [2.24, 2.45) is 4.99 Å². The van der Waals surface area contributed by atoms with Gasteiger partial charge in [-0.3, -0.25) is 10.3 Å². The van der Waals surface area contributed by atoms with Gasteiger partial charge in [-0.25, -0.2) is 0 Å². The maximum absolute atomic E-state index is 10.5. The van der Waals surface area contributed by atoms with Crippen LogP contribution in [-0.2, 0) is 0 Å². The molecule has 0 saturated carbocycles. The molecule has 2 aliphatic rings. The first-order valence-corrected chi connectivity index (χ1v) is 10.3. The van der Waals surface area contributed by atoms with Crippen molar-refractivity contribution in [3.05, 3.63) is 87.4 Å². The lowest BCUT2D eigenvalue weighted by atomic mass is 9.93. The van der Waals surface area contributed by atoms with E-state index in [1.165, 1.54) is 0 Å². The number of rotatable bonds is 3. The van der Waals surface area contributed by atoms with E-state index in [-0.39, 0.29) is 24.8 Å². The predicted octanol–water partition coefficient (Wildman–Crippen LogP) is 5.65. The van der Waals surface area contributed by atoms with Crippen LogP contribution in [0.15, 0.2) is 65.7 Å². The highest BCUT2D eigenvalue weighted by Gasteiger charge is 2.29. The first-order valence-electron chi connectivity index (χ1n) is 9.54. The summed E-state index contributed by atoms with van der Waals surface area (Å²) in [6, 6.07) is 18.2. The van der Waals surface area contributed by atoms with E-state index in [0.29, 0.717) is 27.8 Å². The van der Waals surface area contributed by atoms with Gasteiger partial charge in [0.05, 0.1) is 0 Å². The topological polar surface area (TPSA) is 63.1 Å². The second-order valence-corrected chi connectivity index (χ2v) is 8.04. The fourth-order valence-corrected chi connectivity index (χ4v) is 4.24. The zero-order valence-electron chi connectivity index (χ0n) is 15.8. The number of halogens is 2. The van der Waals surface area contributed by atoms with Crippen LogP contribution in [0.1, 0.15) is 35.3 Å².